The molecule has 0 amide bonds. The number of nitrogens with zero attached hydrogens (tertiary/aromatic N) is 3. The van der Waals surface area contributed by atoms with Crippen molar-refractivity contribution in [1.82, 2.24) is 19.9 Å². The molecule has 2 aliphatic rings. The Kier molecular flexibility index (Phi) is 3.74. The molecule has 0 bridgehead atoms. The molecule has 0 unspecified atom stereocenters. The minimum Gasteiger partial charge on any atom is -0.472 e. The zero-order valence-electron chi connectivity index (χ0n) is 14.3. The largest absolute Gasteiger partial charge is 0.472 e. The monoisotopic (exact) mass is 353 g/mol. The third-order valence-electron chi connectivity index (χ3n) is 4.87. The lowest BCUT2D eigenvalue weighted by molar-refractivity contribution is 0.211. The first-order valence-corrected chi connectivity index (χ1v) is 9.05. The summed E-state index contributed by atoms with van der Waals surface area (Å²) >= 11 is 0. The molecule has 3 heterocycles. The van der Waals surface area contributed by atoms with Gasteiger partial charge in [0, 0.05) is 24.2 Å². The number of halogens is 1. The lowest BCUT2D eigenvalue weighted by Crippen LogP contribution is -2.20. The minimum atomic E-state index is -0.282. The summed E-state index contributed by atoms with van der Waals surface area (Å²) in [6.07, 6.45) is 5.30. The summed E-state index contributed by atoms with van der Waals surface area (Å²) in [4.78, 5) is 4.55. The van der Waals surface area contributed by atoms with Crippen LogP contribution in [0.15, 0.2) is 36.5 Å². The quantitative estimate of drug-likeness (QED) is 0.737. The van der Waals surface area contributed by atoms with E-state index in [0.29, 0.717) is 17.5 Å². The molecule has 2 N–H and O–H groups in total. The zero-order chi connectivity index (χ0) is 17.5. The highest BCUT2D eigenvalue weighted by Crippen LogP contribution is 2.41. The van der Waals surface area contributed by atoms with Gasteiger partial charge in [-0.15, -0.1) is 5.10 Å². The van der Waals surface area contributed by atoms with Crippen LogP contribution in [0.3, 0.4) is 0 Å². The molecule has 2 aromatic heterocycles. The molecule has 134 valence electrons. The summed E-state index contributed by atoms with van der Waals surface area (Å²) < 4.78 is 21.5. The first kappa shape index (κ1) is 15.6. The molecule has 1 aliphatic heterocycles. The van der Waals surface area contributed by atoms with E-state index in [1.165, 1.54) is 25.0 Å². The standard InChI is InChI=1S/C19H20FN5O/c20-13-2-1-3-14(8-13)23-16-9-18(26-15-6-7-21-10-15)24-25-17(12-4-5-12)11-22-19(16)25/h1-3,8-9,11-12,15,21,23H,4-7,10H2/t15-/m1/s1. The van der Waals surface area contributed by atoms with Crippen molar-refractivity contribution in [3.8, 4) is 5.88 Å². The van der Waals surface area contributed by atoms with E-state index in [-0.39, 0.29) is 11.9 Å². The highest BCUT2D eigenvalue weighted by molar-refractivity contribution is 5.74. The van der Waals surface area contributed by atoms with Gasteiger partial charge in [-0.2, -0.15) is 0 Å². The Hall–Kier alpha value is -2.67. The molecule has 1 aliphatic carbocycles. The van der Waals surface area contributed by atoms with Crippen LogP contribution in [0, 0.1) is 5.82 Å². The van der Waals surface area contributed by atoms with Gasteiger partial charge < -0.3 is 15.4 Å². The van der Waals surface area contributed by atoms with Crippen molar-refractivity contribution in [3.05, 3.63) is 48.0 Å². The van der Waals surface area contributed by atoms with Crippen LogP contribution in [0.4, 0.5) is 15.8 Å². The molecule has 7 heteroatoms. The molecule has 6 nitrogen and oxygen atoms in total. The van der Waals surface area contributed by atoms with Crippen molar-refractivity contribution in [3.63, 3.8) is 0 Å². The maximum Gasteiger partial charge on any atom is 0.234 e. The number of hydrogen-bond donors (Lipinski definition) is 2. The fourth-order valence-corrected chi connectivity index (χ4v) is 3.39. The molecule has 2 fully saturated rings. The smallest absolute Gasteiger partial charge is 0.234 e. The topological polar surface area (TPSA) is 63.5 Å². The van der Waals surface area contributed by atoms with Crippen molar-refractivity contribution in [2.45, 2.75) is 31.3 Å². The zero-order valence-corrected chi connectivity index (χ0v) is 14.3. The van der Waals surface area contributed by atoms with E-state index in [1.54, 1.807) is 6.07 Å². The second-order valence-electron chi connectivity index (χ2n) is 6.96. The van der Waals surface area contributed by atoms with Crippen molar-refractivity contribution in [1.29, 1.82) is 0 Å². The van der Waals surface area contributed by atoms with E-state index in [9.17, 15) is 4.39 Å². The van der Waals surface area contributed by atoms with E-state index in [2.05, 4.69) is 20.7 Å². The van der Waals surface area contributed by atoms with Gasteiger partial charge in [0.1, 0.15) is 11.9 Å². The lowest BCUT2D eigenvalue weighted by atomic mass is 10.3. The van der Waals surface area contributed by atoms with Crippen LogP contribution in [-0.4, -0.2) is 33.8 Å². The number of rotatable bonds is 5. The van der Waals surface area contributed by atoms with Gasteiger partial charge in [0.05, 0.1) is 17.6 Å². The third-order valence-corrected chi connectivity index (χ3v) is 4.87. The molecule has 1 atom stereocenters. The van der Waals surface area contributed by atoms with Gasteiger partial charge in [-0.25, -0.2) is 13.9 Å². The van der Waals surface area contributed by atoms with Crippen LogP contribution in [0.1, 0.15) is 30.9 Å². The molecule has 1 aromatic carbocycles. The van der Waals surface area contributed by atoms with Crippen LogP contribution < -0.4 is 15.4 Å². The van der Waals surface area contributed by atoms with E-state index in [4.69, 9.17) is 4.74 Å². The second-order valence-corrected chi connectivity index (χ2v) is 6.96. The van der Waals surface area contributed by atoms with Crippen LogP contribution in [0.25, 0.3) is 5.65 Å². The van der Waals surface area contributed by atoms with Crippen LogP contribution in [0.5, 0.6) is 5.88 Å². The molecular formula is C19H20FN5O. The van der Waals surface area contributed by atoms with Gasteiger partial charge >= 0.3 is 0 Å². The molecule has 5 rings (SSSR count). The predicted octanol–water partition coefficient (Wildman–Crippen LogP) is 3.23. The van der Waals surface area contributed by atoms with Crippen LogP contribution in [0.2, 0.25) is 0 Å². The Bertz CT molecular complexity index is 946. The highest BCUT2D eigenvalue weighted by atomic mass is 19.1. The Morgan fingerprint density at radius 1 is 1.23 bits per heavy atom. The third kappa shape index (κ3) is 2.99. The first-order valence-electron chi connectivity index (χ1n) is 9.05. The SMILES string of the molecule is Fc1cccc(Nc2cc(O[C@@H]3CCNC3)nn3c(C4CC4)cnc23)c1. The lowest BCUT2D eigenvalue weighted by Gasteiger charge is -2.14. The van der Waals surface area contributed by atoms with Crippen molar-refractivity contribution in [2.75, 3.05) is 18.4 Å². The summed E-state index contributed by atoms with van der Waals surface area (Å²) in [7, 11) is 0. The molecule has 0 spiro atoms. The summed E-state index contributed by atoms with van der Waals surface area (Å²) in [6.45, 7) is 1.78. The maximum atomic E-state index is 13.5. The molecule has 1 saturated heterocycles. The molecule has 26 heavy (non-hydrogen) atoms. The predicted molar refractivity (Wildman–Crippen MR) is 96.5 cm³/mol. The van der Waals surface area contributed by atoms with Gasteiger partial charge in [-0.05, 0) is 44.0 Å². The van der Waals surface area contributed by atoms with Crippen LogP contribution in [-0.2, 0) is 0 Å². The summed E-state index contributed by atoms with van der Waals surface area (Å²) in [5, 5.41) is 11.2. The van der Waals surface area contributed by atoms with E-state index < -0.39 is 0 Å². The Morgan fingerprint density at radius 2 is 2.15 bits per heavy atom. The number of imidazole rings is 1. The first-order chi connectivity index (χ1) is 12.8. The fourth-order valence-electron chi connectivity index (χ4n) is 3.39. The Balaban J connectivity index is 1.55. The van der Waals surface area contributed by atoms with Gasteiger partial charge in [0.2, 0.25) is 5.88 Å². The highest BCUT2D eigenvalue weighted by Gasteiger charge is 2.28. The number of fused-ring (bicyclic) bond motifs is 1. The van der Waals surface area contributed by atoms with Crippen molar-refractivity contribution in [2.24, 2.45) is 0 Å². The Morgan fingerprint density at radius 3 is 2.92 bits per heavy atom. The minimum absolute atomic E-state index is 0.120. The van der Waals surface area contributed by atoms with Gasteiger partial charge in [0.15, 0.2) is 5.65 Å². The normalized spacial score (nSPS) is 19.8. The fraction of sp³-hybridized carbons (Fsp3) is 0.368. The van der Waals surface area contributed by atoms with Crippen molar-refractivity contribution >= 4 is 17.0 Å². The molecular weight excluding hydrogens is 333 g/mol. The van der Waals surface area contributed by atoms with Gasteiger partial charge in [-0.1, -0.05) is 6.07 Å². The number of aromatic nitrogens is 3. The van der Waals surface area contributed by atoms with E-state index in [1.807, 2.05) is 22.8 Å². The summed E-state index contributed by atoms with van der Waals surface area (Å²) in [6, 6.07) is 8.24. The number of benzene rings is 1. The Labute approximate surface area is 150 Å². The van der Waals surface area contributed by atoms with Gasteiger partial charge in [0.25, 0.3) is 0 Å². The molecule has 1 saturated carbocycles. The number of anilines is 2. The van der Waals surface area contributed by atoms with E-state index >= 15 is 0 Å². The van der Waals surface area contributed by atoms with Crippen LogP contribution >= 0.6 is 0 Å². The summed E-state index contributed by atoms with van der Waals surface area (Å²) in [5.74, 6) is 0.795. The number of nitrogens with one attached hydrogen (secondary N) is 2. The van der Waals surface area contributed by atoms with Crippen molar-refractivity contribution < 1.29 is 9.13 Å². The second kappa shape index (κ2) is 6.25. The molecule has 3 aromatic rings. The maximum absolute atomic E-state index is 13.5. The van der Waals surface area contributed by atoms with E-state index in [0.717, 1.165) is 36.5 Å². The number of ether oxygens (including phenoxy) is 1. The van der Waals surface area contributed by atoms with Gasteiger partial charge in [-0.3, -0.25) is 0 Å². The average molecular weight is 353 g/mol. The summed E-state index contributed by atoms with van der Waals surface area (Å²) in [5.41, 5.74) is 3.27. The number of hydrogen-bond acceptors (Lipinski definition) is 5. The molecule has 0 radical (unpaired) electrons. The average Bonchev–Trinajstić information content (AvgIpc) is 3.16.